The van der Waals surface area contributed by atoms with Crippen molar-refractivity contribution in [1.82, 2.24) is 0 Å². The summed E-state index contributed by atoms with van der Waals surface area (Å²) in [6, 6.07) is 4.73. The second-order valence-electron chi connectivity index (χ2n) is 6.14. The van der Waals surface area contributed by atoms with Crippen LogP contribution in [0, 0.1) is 51.7 Å². The van der Waals surface area contributed by atoms with Crippen LogP contribution in [-0.4, -0.2) is 19.0 Å². The SMILES string of the molecule is N#CC1(C#N)[C@H]2CC3(OCCO3)[C@@H]3[C@H]2CCC[C@@H]31. The molecule has 4 heteroatoms. The number of ether oxygens (including phenoxy) is 2. The zero-order valence-electron chi connectivity index (χ0n) is 10.3. The lowest BCUT2D eigenvalue weighted by molar-refractivity contribution is -0.216. The Morgan fingerprint density at radius 2 is 1.72 bits per heavy atom. The highest BCUT2D eigenvalue weighted by Crippen LogP contribution is 2.71. The summed E-state index contributed by atoms with van der Waals surface area (Å²) in [6.45, 7) is 1.32. The first-order valence-corrected chi connectivity index (χ1v) is 6.88. The molecule has 1 saturated heterocycles. The molecular formula is C14H16N2O2. The van der Waals surface area contributed by atoms with E-state index in [1.807, 2.05) is 0 Å². The van der Waals surface area contributed by atoms with Crippen LogP contribution in [0.4, 0.5) is 0 Å². The first kappa shape index (κ1) is 10.8. The van der Waals surface area contributed by atoms with E-state index in [-0.39, 0.29) is 17.8 Å². The van der Waals surface area contributed by atoms with Gasteiger partial charge in [0, 0.05) is 12.3 Å². The standard InChI is InChI=1S/C14H16N2O2/c15-7-13(8-16)10-3-1-2-9-11(13)6-14(12(9)10)17-4-5-18-14/h9-12H,1-6H2/t9-,10-,11-,12+/m0/s1. The van der Waals surface area contributed by atoms with Gasteiger partial charge < -0.3 is 9.47 Å². The van der Waals surface area contributed by atoms with Crippen molar-refractivity contribution < 1.29 is 9.47 Å². The van der Waals surface area contributed by atoms with Crippen LogP contribution in [-0.2, 0) is 9.47 Å². The van der Waals surface area contributed by atoms with Crippen molar-refractivity contribution in [2.45, 2.75) is 31.5 Å². The Hall–Kier alpha value is -1.10. The molecule has 0 aromatic carbocycles. The van der Waals surface area contributed by atoms with E-state index >= 15 is 0 Å². The van der Waals surface area contributed by atoms with Crippen LogP contribution in [0.1, 0.15) is 25.7 Å². The van der Waals surface area contributed by atoms with E-state index in [4.69, 9.17) is 9.47 Å². The molecule has 94 valence electrons. The van der Waals surface area contributed by atoms with Crippen LogP contribution in [0.25, 0.3) is 0 Å². The molecule has 3 saturated carbocycles. The van der Waals surface area contributed by atoms with E-state index in [0.717, 1.165) is 25.7 Å². The van der Waals surface area contributed by atoms with Gasteiger partial charge in [-0.15, -0.1) is 0 Å². The van der Waals surface area contributed by atoms with Crippen LogP contribution in [0.3, 0.4) is 0 Å². The smallest absolute Gasteiger partial charge is 0.172 e. The van der Waals surface area contributed by atoms with Crippen LogP contribution < -0.4 is 0 Å². The molecule has 4 fully saturated rings. The van der Waals surface area contributed by atoms with Gasteiger partial charge in [0.05, 0.1) is 25.4 Å². The van der Waals surface area contributed by atoms with Crippen molar-refractivity contribution >= 4 is 0 Å². The predicted molar refractivity (Wildman–Crippen MR) is 60.7 cm³/mol. The van der Waals surface area contributed by atoms with Crippen molar-refractivity contribution in [2.75, 3.05) is 13.2 Å². The summed E-state index contributed by atoms with van der Waals surface area (Å²) in [5.41, 5.74) is -0.771. The van der Waals surface area contributed by atoms with Crippen molar-refractivity contribution in [1.29, 1.82) is 10.5 Å². The van der Waals surface area contributed by atoms with Crippen molar-refractivity contribution in [3.05, 3.63) is 0 Å². The van der Waals surface area contributed by atoms with Crippen molar-refractivity contribution in [3.63, 3.8) is 0 Å². The van der Waals surface area contributed by atoms with E-state index in [1.54, 1.807) is 0 Å². The Balaban J connectivity index is 1.82. The molecule has 0 N–H and O–H groups in total. The molecule has 3 aliphatic carbocycles. The van der Waals surface area contributed by atoms with Gasteiger partial charge in [-0.1, -0.05) is 6.42 Å². The van der Waals surface area contributed by atoms with Gasteiger partial charge in [0.15, 0.2) is 5.79 Å². The number of nitrogens with zero attached hydrogens (tertiary/aromatic N) is 2. The molecule has 4 bridgehead atoms. The van der Waals surface area contributed by atoms with Gasteiger partial charge in [0.2, 0.25) is 0 Å². The number of hydrogen-bond donors (Lipinski definition) is 0. The minimum Gasteiger partial charge on any atom is -0.347 e. The van der Waals surface area contributed by atoms with E-state index < -0.39 is 11.2 Å². The zero-order valence-corrected chi connectivity index (χ0v) is 10.3. The van der Waals surface area contributed by atoms with Gasteiger partial charge in [0.25, 0.3) is 0 Å². The molecular weight excluding hydrogens is 228 g/mol. The van der Waals surface area contributed by atoms with E-state index in [0.29, 0.717) is 19.1 Å². The molecule has 18 heavy (non-hydrogen) atoms. The van der Waals surface area contributed by atoms with Crippen LogP contribution in [0.15, 0.2) is 0 Å². The molecule has 0 amide bonds. The monoisotopic (exact) mass is 244 g/mol. The highest BCUT2D eigenvalue weighted by Gasteiger charge is 2.75. The third-order valence-electron chi connectivity index (χ3n) is 5.79. The Morgan fingerprint density at radius 3 is 2.39 bits per heavy atom. The second kappa shape index (κ2) is 3.26. The lowest BCUT2D eigenvalue weighted by Crippen LogP contribution is -2.48. The minimum atomic E-state index is -0.771. The van der Waals surface area contributed by atoms with Gasteiger partial charge in [-0.3, -0.25) is 0 Å². The Labute approximate surface area is 106 Å². The number of hydrogen-bond acceptors (Lipinski definition) is 4. The molecule has 4 nitrogen and oxygen atoms in total. The molecule has 1 aliphatic heterocycles. The van der Waals surface area contributed by atoms with E-state index in [2.05, 4.69) is 12.1 Å². The molecule has 4 rings (SSSR count). The summed E-state index contributed by atoms with van der Waals surface area (Å²) in [5, 5.41) is 19.1. The lowest BCUT2D eigenvalue weighted by atomic mass is 9.64. The molecule has 1 spiro atoms. The van der Waals surface area contributed by atoms with Crippen LogP contribution >= 0.6 is 0 Å². The maximum absolute atomic E-state index is 9.56. The first-order chi connectivity index (χ1) is 8.77. The summed E-state index contributed by atoms with van der Waals surface area (Å²) in [6.07, 6.45) is 4.00. The van der Waals surface area contributed by atoms with E-state index in [9.17, 15) is 10.5 Å². The zero-order chi connectivity index (χ0) is 12.4. The number of rotatable bonds is 0. The van der Waals surface area contributed by atoms with Crippen LogP contribution in [0.5, 0.6) is 0 Å². The Morgan fingerprint density at radius 1 is 1.00 bits per heavy atom. The average Bonchev–Trinajstić information content (AvgIpc) is 3.04. The molecule has 0 radical (unpaired) electrons. The molecule has 0 aromatic rings. The highest BCUT2D eigenvalue weighted by molar-refractivity contribution is 5.31. The average molecular weight is 244 g/mol. The second-order valence-corrected chi connectivity index (χ2v) is 6.14. The van der Waals surface area contributed by atoms with E-state index in [1.165, 1.54) is 0 Å². The van der Waals surface area contributed by atoms with Gasteiger partial charge in [-0.05, 0) is 30.6 Å². The summed E-state index contributed by atoms with van der Waals surface area (Å²) >= 11 is 0. The minimum absolute atomic E-state index is 0.156. The van der Waals surface area contributed by atoms with Gasteiger partial charge >= 0.3 is 0 Å². The topological polar surface area (TPSA) is 66.0 Å². The Bertz CT molecular complexity index is 451. The third-order valence-corrected chi connectivity index (χ3v) is 5.79. The molecule has 1 heterocycles. The molecule has 4 aliphatic rings. The van der Waals surface area contributed by atoms with Gasteiger partial charge in [-0.2, -0.15) is 10.5 Å². The lowest BCUT2D eigenvalue weighted by Gasteiger charge is -2.43. The molecule has 4 atom stereocenters. The highest BCUT2D eigenvalue weighted by atomic mass is 16.7. The summed E-state index contributed by atoms with van der Waals surface area (Å²) < 4.78 is 11.8. The van der Waals surface area contributed by atoms with Crippen molar-refractivity contribution in [2.24, 2.45) is 29.1 Å². The van der Waals surface area contributed by atoms with Gasteiger partial charge in [0.1, 0.15) is 5.41 Å². The third kappa shape index (κ3) is 0.955. The molecule has 0 unspecified atom stereocenters. The summed E-state index contributed by atoms with van der Waals surface area (Å²) in [7, 11) is 0. The normalized spacial score (nSPS) is 45.9. The maximum Gasteiger partial charge on any atom is 0.172 e. The van der Waals surface area contributed by atoms with Crippen LogP contribution in [0.2, 0.25) is 0 Å². The first-order valence-electron chi connectivity index (χ1n) is 6.88. The summed E-state index contributed by atoms with van der Waals surface area (Å²) in [4.78, 5) is 0. The van der Waals surface area contributed by atoms with Crippen molar-refractivity contribution in [3.8, 4) is 12.1 Å². The fraction of sp³-hybridized carbons (Fsp3) is 0.857. The predicted octanol–water partition coefficient (Wildman–Crippen LogP) is 1.83. The quantitative estimate of drug-likeness (QED) is 0.652. The summed E-state index contributed by atoms with van der Waals surface area (Å²) in [5.74, 6) is 0.600. The maximum atomic E-state index is 9.56. The van der Waals surface area contributed by atoms with Gasteiger partial charge in [-0.25, -0.2) is 0 Å². The largest absolute Gasteiger partial charge is 0.347 e. The molecule has 0 aromatic heterocycles. The number of nitriles is 2. The fourth-order valence-electron chi connectivity index (χ4n) is 5.33. The fourth-order valence-corrected chi connectivity index (χ4v) is 5.33. The Kier molecular flexibility index (Phi) is 1.95.